The fourth-order valence-corrected chi connectivity index (χ4v) is 3.93. The second-order valence-corrected chi connectivity index (χ2v) is 8.75. The van der Waals surface area contributed by atoms with Gasteiger partial charge < -0.3 is 14.5 Å². The molecule has 174 valence electrons. The molecule has 1 aliphatic heterocycles. The quantitative estimate of drug-likeness (QED) is 0.505. The van der Waals surface area contributed by atoms with Crippen molar-refractivity contribution in [1.82, 2.24) is 9.88 Å². The molecule has 0 unspecified atom stereocenters. The molecule has 1 saturated heterocycles. The van der Waals surface area contributed by atoms with Crippen molar-refractivity contribution in [1.29, 1.82) is 5.26 Å². The van der Waals surface area contributed by atoms with E-state index in [2.05, 4.69) is 29.8 Å². The van der Waals surface area contributed by atoms with Crippen LogP contribution in [0.15, 0.2) is 60.7 Å². The number of piperazine rings is 1. The van der Waals surface area contributed by atoms with E-state index in [9.17, 15) is 14.4 Å². The summed E-state index contributed by atoms with van der Waals surface area (Å²) in [5.74, 6) is 1.40. The molecule has 0 aliphatic carbocycles. The van der Waals surface area contributed by atoms with E-state index < -0.39 is 0 Å². The summed E-state index contributed by atoms with van der Waals surface area (Å²) in [6.07, 6.45) is 0.568. The average molecular weight is 459 g/mol. The molecule has 0 saturated carbocycles. The molecular formula is C27H27FN4O2. The highest BCUT2D eigenvalue weighted by atomic mass is 19.1. The van der Waals surface area contributed by atoms with E-state index in [-0.39, 0.29) is 11.7 Å². The standard InChI is InChI=1S/C27H27FN4O2/c1-19(2)15-27(33)32-13-11-31(12-14-32)23-16-22(18-29)30-26(17-23)20-3-7-24(8-4-20)34-25-9-5-21(28)6-10-25/h3-10,16-17,19H,11-15H2,1-2H3. The van der Waals surface area contributed by atoms with Crippen molar-refractivity contribution in [3.05, 3.63) is 72.2 Å². The molecule has 0 radical (unpaired) electrons. The van der Waals surface area contributed by atoms with E-state index >= 15 is 0 Å². The predicted octanol–water partition coefficient (Wildman–Crippen LogP) is 5.25. The number of benzene rings is 2. The molecule has 1 aliphatic rings. The van der Waals surface area contributed by atoms with E-state index in [0.717, 1.165) is 11.3 Å². The van der Waals surface area contributed by atoms with Crippen LogP contribution in [0.1, 0.15) is 26.0 Å². The van der Waals surface area contributed by atoms with Gasteiger partial charge in [-0.25, -0.2) is 9.37 Å². The van der Waals surface area contributed by atoms with Gasteiger partial charge in [-0.3, -0.25) is 4.79 Å². The third-order valence-corrected chi connectivity index (χ3v) is 5.70. The molecule has 0 spiro atoms. The number of ether oxygens (including phenoxy) is 1. The van der Waals surface area contributed by atoms with Crippen LogP contribution in [0.5, 0.6) is 11.5 Å². The maximum Gasteiger partial charge on any atom is 0.222 e. The molecule has 1 amide bonds. The Kier molecular flexibility index (Phi) is 7.07. The number of aromatic nitrogens is 1. The zero-order chi connectivity index (χ0) is 24.1. The summed E-state index contributed by atoms with van der Waals surface area (Å²) in [6, 6.07) is 19.2. The van der Waals surface area contributed by atoms with Crippen molar-refractivity contribution in [2.75, 3.05) is 31.1 Å². The Morgan fingerprint density at radius 1 is 1.03 bits per heavy atom. The highest BCUT2D eigenvalue weighted by Gasteiger charge is 2.22. The number of anilines is 1. The normalized spacial score (nSPS) is 13.6. The third-order valence-electron chi connectivity index (χ3n) is 5.70. The van der Waals surface area contributed by atoms with Gasteiger partial charge in [-0.05, 0) is 66.6 Å². The van der Waals surface area contributed by atoms with Crippen LogP contribution in [0.3, 0.4) is 0 Å². The van der Waals surface area contributed by atoms with E-state index in [0.29, 0.717) is 61.4 Å². The van der Waals surface area contributed by atoms with Crippen molar-refractivity contribution >= 4 is 11.6 Å². The lowest BCUT2D eigenvalue weighted by Gasteiger charge is -2.36. The summed E-state index contributed by atoms with van der Waals surface area (Å²) >= 11 is 0. The first kappa shape index (κ1) is 23.2. The van der Waals surface area contributed by atoms with E-state index in [1.165, 1.54) is 12.1 Å². The predicted molar refractivity (Wildman–Crippen MR) is 129 cm³/mol. The molecule has 34 heavy (non-hydrogen) atoms. The minimum atomic E-state index is -0.314. The molecule has 1 aromatic heterocycles. The fourth-order valence-electron chi connectivity index (χ4n) is 3.93. The largest absolute Gasteiger partial charge is 0.457 e. The Labute approximate surface area is 199 Å². The monoisotopic (exact) mass is 458 g/mol. The number of hydrogen-bond donors (Lipinski definition) is 0. The number of carbonyl (C=O) groups excluding carboxylic acids is 1. The third kappa shape index (κ3) is 5.70. The smallest absolute Gasteiger partial charge is 0.222 e. The zero-order valence-corrected chi connectivity index (χ0v) is 19.4. The minimum Gasteiger partial charge on any atom is -0.457 e. The van der Waals surface area contributed by atoms with Crippen LogP contribution >= 0.6 is 0 Å². The Morgan fingerprint density at radius 3 is 2.24 bits per heavy atom. The van der Waals surface area contributed by atoms with Gasteiger partial charge in [0.05, 0.1) is 5.69 Å². The van der Waals surface area contributed by atoms with Gasteiger partial charge in [-0.15, -0.1) is 0 Å². The topological polar surface area (TPSA) is 69.5 Å². The van der Waals surface area contributed by atoms with Crippen LogP contribution in [0.4, 0.5) is 10.1 Å². The summed E-state index contributed by atoms with van der Waals surface area (Å²) < 4.78 is 18.9. The summed E-state index contributed by atoms with van der Waals surface area (Å²) in [7, 11) is 0. The molecule has 6 nitrogen and oxygen atoms in total. The van der Waals surface area contributed by atoms with Crippen LogP contribution < -0.4 is 9.64 Å². The zero-order valence-electron chi connectivity index (χ0n) is 19.4. The lowest BCUT2D eigenvalue weighted by molar-refractivity contribution is -0.132. The van der Waals surface area contributed by atoms with Crippen LogP contribution in [-0.4, -0.2) is 42.0 Å². The highest BCUT2D eigenvalue weighted by Crippen LogP contribution is 2.28. The van der Waals surface area contributed by atoms with Gasteiger partial charge in [-0.2, -0.15) is 5.26 Å². The average Bonchev–Trinajstić information content (AvgIpc) is 2.85. The number of carbonyl (C=O) groups is 1. The molecule has 2 aromatic carbocycles. The first-order valence-electron chi connectivity index (χ1n) is 11.4. The Morgan fingerprint density at radius 2 is 1.65 bits per heavy atom. The van der Waals surface area contributed by atoms with Gasteiger partial charge in [-0.1, -0.05) is 13.8 Å². The summed E-state index contributed by atoms with van der Waals surface area (Å²) in [5, 5.41) is 9.53. The van der Waals surface area contributed by atoms with Gasteiger partial charge in [0.15, 0.2) is 0 Å². The molecular weight excluding hydrogens is 431 g/mol. The van der Waals surface area contributed by atoms with Crippen molar-refractivity contribution in [2.45, 2.75) is 20.3 Å². The number of amides is 1. The Balaban J connectivity index is 1.48. The van der Waals surface area contributed by atoms with Gasteiger partial charge in [0.25, 0.3) is 0 Å². The SMILES string of the molecule is CC(C)CC(=O)N1CCN(c2cc(C#N)nc(-c3ccc(Oc4ccc(F)cc4)cc3)c2)CC1. The molecule has 0 bridgehead atoms. The first-order valence-corrected chi connectivity index (χ1v) is 11.4. The van der Waals surface area contributed by atoms with Crippen LogP contribution in [0.25, 0.3) is 11.3 Å². The summed E-state index contributed by atoms with van der Waals surface area (Å²) in [4.78, 5) is 21.0. The van der Waals surface area contributed by atoms with Gasteiger partial charge in [0.2, 0.25) is 5.91 Å². The Hall–Kier alpha value is -3.92. The first-order chi connectivity index (χ1) is 16.4. The molecule has 2 heterocycles. The van der Waals surface area contributed by atoms with Gasteiger partial charge in [0.1, 0.15) is 29.1 Å². The van der Waals surface area contributed by atoms with E-state index in [4.69, 9.17) is 4.74 Å². The van der Waals surface area contributed by atoms with Gasteiger partial charge >= 0.3 is 0 Å². The number of nitriles is 1. The second kappa shape index (κ2) is 10.3. The lowest BCUT2D eigenvalue weighted by Crippen LogP contribution is -2.49. The van der Waals surface area contributed by atoms with Crippen LogP contribution in [0.2, 0.25) is 0 Å². The van der Waals surface area contributed by atoms with Crippen molar-refractivity contribution in [2.24, 2.45) is 5.92 Å². The van der Waals surface area contributed by atoms with Crippen LogP contribution in [0, 0.1) is 23.1 Å². The van der Waals surface area contributed by atoms with Crippen molar-refractivity contribution in [3.63, 3.8) is 0 Å². The number of nitrogens with zero attached hydrogens (tertiary/aromatic N) is 4. The van der Waals surface area contributed by atoms with Gasteiger partial charge in [0, 0.05) is 43.9 Å². The molecule has 7 heteroatoms. The number of halogens is 1. The maximum atomic E-state index is 13.1. The summed E-state index contributed by atoms with van der Waals surface area (Å²) in [5.41, 5.74) is 2.82. The number of pyridine rings is 1. The molecule has 4 rings (SSSR count). The van der Waals surface area contributed by atoms with Crippen molar-refractivity contribution < 1.29 is 13.9 Å². The molecule has 3 aromatic rings. The lowest BCUT2D eigenvalue weighted by atomic mass is 10.1. The summed E-state index contributed by atoms with van der Waals surface area (Å²) in [6.45, 7) is 6.86. The molecule has 0 N–H and O–H groups in total. The number of rotatable bonds is 6. The number of hydrogen-bond acceptors (Lipinski definition) is 5. The minimum absolute atomic E-state index is 0.200. The highest BCUT2D eigenvalue weighted by molar-refractivity contribution is 5.77. The fraction of sp³-hybridized carbons (Fsp3) is 0.296. The van der Waals surface area contributed by atoms with E-state index in [1.807, 2.05) is 35.2 Å². The second-order valence-electron chi connectivity index (χ2n) is 8.75. The van der Waals surface area contributed by atoms with Crippen molar-refractivity contribution in [3.8, 4) is 28.8 Å². The maximum absolute atomic E-state index is 13.1. The van der Waals surface area contributed by atoms with E-state index in [1.54, 1.807) is 18.2 Å². The van der Waals surface area contributed by atoms with Crippen LogP contribution in [-0.2, 0) is 4.79 Å². The molecule has 0 atom stereocenters. The molecule has 1 fully saturated rings. The Bertz CT molecular complexity index is 1180.